The minimum absolute atomic E-state index is 0.0941. The van der Waals surface area contributed by atoms with Crippen LogP contribution in [0.5, 0.6) is 0 Å². The molecule has 0 radical (unpaired) electrons. The summed E-state index contributed by atoms with van der Waals surface area (Å²) in [5, 5.41) is 8.51. The summed E-state index contributed by atoms with van der Waals surface area (Å²) < 4.78 is 40.7. The zero-order valence-electron chi connectivity index (χ0n) is 19.8. The van der Waals surface area contributed by atoms with Crippen LogP contribution in [0.25, 0.3) is 21.8 Å². The average molecular weight is 506 g/mol. The fourth-order valence-electron chi connectivity index (χ4n) is 4.06. The van der Waals surface area contributed by atoms with Gasteiger partial charge in [0.25, 0.3) is 5.91 Å². The highest BCUT2D eigenvalue weighted by Crippen LogP contribution is 2.30. The molecule has 2 N–H and O–H groups in total. The quantitative estimate of drug-likeness (QED) is 0.356. The van der Waals surface area contributed by atoms with E-state index in [9.17, 15) is 18.0 Å². The van der Waals surface area contributed by atoms with Gasteiger partial charge in [0.15, 0.2) is 0 Å². The summed E-state index contributed by atoms with van der Waals surface area (Å²) in [5.74, 6) is 0.385. The highest BCUT2D eigenvalue weighted by Gasteiger charge is 2.31. The lowest BCUT2D eigenvalue weighted by Gasteiger charge is -2.32. The van der Waals surface area contributed by atoms with Gasteiger partial charge in [-0.1, -0.05) is 6.07 Å². The van der Waals surface area contributed by atoms with E-state index in [2.05, 4.69) is 20.1 Å². The molecular weight excluding hydrogens is 485 g/mol. The smallest absolute Gasteiger partial charge is 0.383 e. The lowest BCUT2D eigenvalue weighted by Crippen LogP contribution is -2.44. The predicted molar refractivity (Wildman–Crippen MR) is 132 cm³/mol. The number of halogens is 3. The molecule has 0 bridgehead atoms. The van der Waals surface area contributed by atoms with Crippen LogP contribution >= 0.6 is 0 Å². The second-order valence-electron chi connectivity index (χ2n) is 8.37. The van der Waals surface area contributed by atoms with Crippen LogP contribution in [0, 0.1) is 0 Å². The Hall–Kier alpha value is -4.74. The van der Waals surface area contributed by atoms with Crippen LogP contribution in [0.15, 0.2) is 67.1 Å². The number of benzene rings is 1. The summed E-state index contributed by atoms with van der Waals surface area (Å²) >= 11 is 0. The van der Waals surface area contributed by atoms with E-state index in [4.69, 9.17) is 5.73 Å². The Morgan fingerprint density at radius 2 is 1.86 bits per heavy atom. The molecule has 0 aliphatic carbocycles. The van der Waals surface area contributed by atoms with Crippen LogP contribution in [0.2, 0.25) is 0 Å². The zero-order valence-corrected chi connectivity index (χ0v) is 19.8. The molecule has 5 aromatic rings. The number of fused-ring (bicyclic) bond motifs is 3. The van der Waals surface area contributed by atoms with E-state index in [-0.39, 0.29) is 12.2 Å². The highest BCUT2D eigenvalue weighted by atomic mass is 19.4. The van der Waals surface area contributed by atoms with Gasteiger partial charge >= 0.3 is 6.18 Å². The highest BCUT2D eigenvalue weighted by molar-refractivity contribution is 6.10. The number of hydrogen-bond acceptors (Lipinski definition) is 7. The summed E-state index contributed by atoms with van der Waals surface area (Å²) in [4.78, 5) is 26.5. The van der Waals surface area contributed by atoms with Crippen molar-refractivity contribution in [2.75, 3.05) is 17.8 Å². The molecule has 188 valence electrons. The van der Waals surface area contributed by atoms with Gasteiger partial charge in [0.05, 0.1) is 40.4 Å². The fourth-order valence-corrected chi connectivity index (χ4v) is 4.06. The van der Waals surface area contributed by atoms with Crippen molar-refractivity contribution in [3.05, 3.63) is 83.9 Å². The molecule has 5 rings (SSSR count). The molecule has 1 aromatic carbocycles. The van der Waals surface area contributed by atoms with Crippen molar-refractivity contribution in [3.8, 4) is 0 Å². The summed E-state index contributed by atoms with van der Waals surface area (Å²) in [6.07, 6.45) is -0.561. The number of alkyl halides is 3. The Kier molecular flexibility index (Phi) is 5.86. The number of aryl methyl sites for hydroxylation is 1. The number of pyridine rings is 3. The third-order valence-electron chi connectivity index (χ3n) is 6.00. The Labute approximate surface area is 208 Å². The molecule has 0 atom stereocenters. The van der Waals surface area contributed by atoms with Crippen molar-refractivity contribution in [1.82, 2.24) is 29.7 Å². The lowest BCUT2D eigenvalue weighted by atomic mass is 10.1. The van der Waals surface area contributed by atoms with Crippen molar-refractivity contribution < 1.29 is 18.0 Å². The Morgan fingerprint density at radius 3 is 2.54 bits per heavy atom. The molecule has 9 nitrogen and oxygen atoms in total. The molecule has 0 aliphatic rings. The van der Waals surface area contributed by atoms with Crippen LogP contribution in [0.3, 0.4) is 0 Å². The van der Waals surface area contributed by atoms with E-state index >= 15 is 0 Å². The first kappa shape index (κ1) is 24.0. The molecule has 0 saturated heterocycles. The van der Waals surface area contributed by atoms with Crippen LogP contribution < -0.4 is 10.7 Å². The lowest BCUT2D eigenvalue weighted by molar-refractivity contribution is -0.137. The number of aromatic nitrogens is 5. The van der Waals surface area contributed by atoms with Crippen molar-refractivity contribution in [2.24, 2.45) is 7.05 Å². The summed E-state index contributed by atoms with van der Waals surface area (Å²) in [6, 6.07) is 12.4. The Morgan fingerprint density at radius 1 is 1.05 bits per heavy atom. The van der Waals surface area contributed by atoms with Crippen LogP contribution in [0.1, 0.15) is 21.6 Å². The molecule has 37 heavy (non-hydrogen) atoms. The van der Waals surface area contributed by atoms with Crippen LogP contribution in [0.4, 0.5) is 24.8 Å². The maximum atomic E-state index is 13.8. The van der Waals surface area contributed by atoms with Crippen LogP contribution in [-0.4, -0.2) is 42.7 Å². The van der Waals surface area contributed by atoms with Crippen LogP contribution in [-0.2, 0) is 19.8 Å². The summed E-state index contributed by atoms with van der Waals surface area (Å²) in [7, 11) is 3.42. The number of hydrogen-bond donors (Lipinski definition) is 1. The van der Waals surface area contributed by atoms with Gasteiger partial charge in [0.2, 0.25) is 0 Å². The van der Waals surface area contributed by atoms with E-state index in [1.165, 1.54) is 16.1 Å². The molecule has 0 fully saturated rings. The predicted octanol–water partition coefficient (Wildman–Crippen LogP) is 4.21. The first-order valence-corrected chi connectivity index (χ1v) is 11.1. The standard InChI is InChI=1S/C25H21F3N8O/c1-34-22-18-11-15(6-9-20(18)33-23(29)19(22)13-32-34)24(37)36(35(2)21-5-3-4-10-30-21)14-17-8-7-16(12-31-17)25(26,27)28/h3-13H,14H2,1-2H3,(H2,29,33). The molecular formula is C25H21F3N8O. The third-order valence-corrected chi connectivity index (χ3v) is 6.00. The molecule has 0 unspecified atom stereocenters. The minimum Gasteiger partial charge on any atom is -0.383 e. The van der Waals surface area contributed by atoms with E-state index in [1.54, 1.807) is 67.6 Å². The van der Waals surface area contributed by atoms with Gasteiger partial charge in [-0.2, -0.15) is 18.3 Å². The Bertz CT molecular complexity index is 1600. The number of carbonyl (C=O) groups excluding carboxylic acids is 1. The Balaban J connectivity index is 1.57. The maximum Gasteiger partial charge on any atom is 0.417 e. The van der Waals surface area contributed by atoms with Crippen molar-refractivity contribution in [2.45, 2.75) is 12.7 Å². The second kappa shape index (κ2) is 9.04. The number of amides is 1. The van der Waals surface area contributed by atoms with Gasteiger partial charge in [0, 0.05) is 37.4 Å². The van der Waals surface area contributed by atoms with E-state index in [0.29, 0.717) is 33.5 Å². The fraction of sp³-hybridized carbons (Fsp3) is 0.160. The van der Waals surface area contributed by atoms with Gasteiger partial charge in [-0.15, -0.1) is 0 Å². The number of anilines is 2. The van der Waals surface area contributed by atoms with Gasteiger partial charge in [-0.25, -0.2) is 15.0 Å². The van der Waals surface area contributed by atoms with Crippen molar-refractivity contribution in [1.29, 1.82) is 0 Å². The van der Waals surface area contributed by atoms with Gasteiger partial charge in [-0.05, 0) is 42.5 Å². The number of nitrogens with zero attached hydrogens (tertiary/aromatic N) is 7. The normalized spacial score (nSPS) is 11.7. The van der Waals surface area contributed by atoms with E-state index < -0.39 is 17.6 Å². The third kappa shape index (κ3) is 4.48. The minimum atomic E-state index is -4.51. The molecule has 0 saturated carbocycles. The van der Waals surface area contributed by atoms with Crippen molar-refractivity contribution >= 4 is 39.3 Å². The first-order chi connectivity index (χ1) is 17.6. The van der Waals surface area contributed by atoms with E-state index in [1.807, 2.05) is 0 Å². The SMILES string of the molecule is CN(c1ccccn1)N(Cc1ccc(C(F)(F)F)cn1)C(=O)c1ccc2nc(N)c3cnn(C)c3c2c1. The zero-order chi connectivity index (χ0) is 26.3. The molecule has 0 spiro atoms. The number of nitrogen functional groups attached to an aromatic ring is 1. The van der Waals surface area contributed by atoms with Crippen molar-refractivity contribution in [3.63, 3.8) is 0 Å². The maximum absolute atomic E-state index is 13.8. The average Bonchev–Trinajstić information content (AvgIpc) is 3.29. The topological polar surface area (TPSA) is 106 Å². The number of hydrazine groups is 1. The first-order valence-electron chi connectivity index (χ1n) is 11.1. The van der Waals surface area contributed by atoms with E-state index in [0.717, 1.165) is 17.8 Å². The monoisotopic (exact) mass is 506 g/mol. The van der Waals surface area contributed by atoms with Gasteiger partial charge in [-0.3, -0.25) is 19.5 Å². The molecule has 4 aromatic heterocycles. The molecule has 4 heterocycles. The number of carbonyl (C=O) groups is 1. The molecule has 12 heteroatoms. The summed E-state index contributed by atoms with van der Waals surface area (Å²) in [5.41, 5.74) is 7.14. The largest absolute Gasteiger partial charge is 0.417 e. The van der Waals surface area contributed by atoms with Gasteiger partial charge in [0.1, 0.15) is 11.6 Å². The summed E-state index contributed by atoms with van der Waals surface area (Å²) in [6.45, 7) is -0.0941. The number of rotatable bonds is 5. The molecule has 0 aliphatic heterocycles. The van der Waals surface area contributed by atoms with Gasteiger partial charge < -0.3 is 5.73 Å². The number of nitrogens with two attached hydrogens (primary N) is 1. The molecule has 1 amide bonds. The second-order valence-corrected chi connectivity index (χ2v) is 8.37.